The third-order valence-corrected chi connectivity index (χ3v) is 4.13. The number of esters is 2. The molecular formula is C16H18BrNO4. The smallest absolute Gasteiger partial charge is 0.330 e. The number of hydrogen-bond acceptors (Lipinski definition) is 5. The molecule has 5 nitrogen and oxygen atoms in total. The van der Waals surface area contributed by atoms with Gasteiger partial charge in [-0.25, -0.2) is 4.79 Å². The van der Waals surface area contributed by atoms with E-state index >= 15 is 0 Å². The Bertz CT molecular complexity index is 564. The van der Waals surface area contributed by atoms with E-state index in [1.165, 1.54) is 0 Å². The van der Waals surface area contributed by atoms with Gasteiger partial charge in [0.15, 0.2) is 5.78 Å². The average molecular weight is 368 g/mol. The van der Waals surface area contributed by atoms with Gasteiger partial charge in [0.25, 0.3) is 0 Å². The molecule has 1 aliphatic heterocycles. The van der Waals surface area contributed by atoms with Gasteiger partial charge in [-0.3, -0.25) is 9.59 Å². The van der Waals surface area contributed by atoms with Crippen LogP contribution in [0.15, 0.2) is 28.7 Å². The van der Waals surface area contributed by atoms with Crippen molar-refractivity contribution in [2.24, 2.45) is 5.92 Å². The Hall–Kier alpha value is -1.53. The predicted octanol–water partition coefficient (Wildman–Crippen LogP) is 2.48. The van der Waals surface area contributed by atoms with E-state index in [-0.39, 0.29) is 12.2 Å². The van der Waals surface area contributed by atoms with Crippen LogP contribution in [-0.4, -0.2) is 30.3 Å². The van der Waals surface area contributed by atoms with E-state index in [1.807, 2.05) is 0 Å². The minimum absolute atomic E-state index is 0.0197. The van der Waals surface area contributed by atoms with Gasteiger partial charge in [0.2, 0.25) is 0 Å². The molecule has 0 radical (unpaired) electrons. The van der Waals surface area contributed by atoms with E-state index < -0.39 is 23.9 Å². The van der Waals surface area contributed by atoms with Crippen LogP contribution in [0.5, 0.6) is 0 Å². The summed E-state index contributed by atoms with van der Waals surface area (Å²) in [7, 11) is 0. The second-order valence-electron chi connectivity index (χ2n) is 5.42. The molecule has 0 spiro atoms. The van der Waals surface area contributed by atoms with Crippen LogP contribution < -0.4 is 5.32 Å². The third kappa shape index (κ3) is 4.48. The third-order valence-electron chi connectivity index (χ3n) is 3.61. The maximum Gasteiger partial charge on any atom is 0.330 e. The van der Waals surface area contributed by atoms with Crippen molar-refractivity contribution in [1.82, 2.24) is 5.32 Å². The van der Waals surface area contributed by atoms with Crippen LogP contribution >= 0.6 is 15.9 Å². The minimum Gasteiger partial charge on any atom is -0.392 e. The number of halogens is 1. The molecule has 1 saturated heterocycles. The summed E-state index contributed by atoms with van der Waals surface area (Å²) in [5.41, 5.74) is 0.534. The number of nitrogens with one attached hydrogen (secondary N) is 1. The van der Waals surface area contributed by atoms with Crippen molar-refractivity contribution in [3.63, 3.8) is 0 Å². The summed E-state index contributed by atoms with van der Waals surface area (Å²) in [6.45, 7) is 2.35. The highest BCUT2D eigenvalue weighted by Gasteiger charge is 2.28. The molecule has 1 N–H and O–H groups in total. The zero-order chi connectivity index (χ0) is 16.1. The average Bonchev–Trinajstić information content (AvgIpc) is 3.02. The van der Waals surface area contributed by atoms with Crippen LogP contribution in [0.4, 0.5) is 0 Å². The summed E-state index contributed by atoms with van der Waals surface area (Å²) in [6, 6.07) is 6.52. The van der Waals surface area contributed by atoms with Gasteiger partial charge in [0, 0.05) is 16.5 Å². The zero-order valence-electron chi connectivity index (χ0n) is 12.3. The molecule has 1 heterocycles. The van der Waals surface area contributed by atoms with Gasteiger partial charge in [-0.15, -0.1) is 0 Å². The van der Waals surface area contributed by atoms with E-state index in [1.54, 1.807) is 31.2 Å². The van der Waals surface area contributed by atoms with Gasteiger partial charge >= 0.3 is 11.9 Å². The molecule has 1 aromatic carbocycles. The first-order valence-electron chi connectivity index (χ1n) is 7.25. The number of hydrogen-bond donors (Lipinski definition) is 1. The fourth-order valence-corrected chi connectivity index (χ4v) is 2.54. The summed E-state index contributed by atoms with van der Waals surface area (Å²) in [4.78, 5) is 35.8. The monoisotopic (exact) mass is 367 g/mol. The van der Waals surface area contributed by atoms with Gasteiger partial charge in [-0.1, -0.05) is 35.0 Å². The molecule has 6 heteroatoms. The maximum absolute atomic E-state index is 12.1. The second kappa shape index (κ2) is 7.65. The van der Waals surface area contributed by atoms with Crippen LogP contribution in [0.1, 0.15) is 36.5 Å². The van der Waals surface area contributed by atoms with Crippen molar-refractivity contribution in [3.8, 4) is 0 Å². The molecule has 2 atom stereocenters. The molecule has 0 amide bonds. The van der Waals surface area contributed by atoms with Gasteiger partial charge in [0.05, 0.1) is 5.92 Å². The van der Waals surface area contributed by atoms with Crippen LogP contribution in [-0.2, 0) is 14.3 Å². The Labute approximate surface area is 137 Å². The van der Waals surface area contributed by atoms with Crippen molar-refractivity contribution in [2.75, 3.05) is 6.54 Å². The molecule has 0 bridgehead atoms. The first-order chi connectivity index (χ1) is 10.5. The van der Waals surface area contributed by atoms with Gasteiger partial charge in [-0.2, -0.15) is 0 Å². The largest absolute Gasteiger partial charge is 0.392 e. The van der Waals surface area contributed by atoms with Gasteiger partial charge < -0.3 is 10.1 Å². The molecule has 1 unspecified atom stereocenters. The molecule has 0 aromatic heterocycles. The number of ketones is 1. The fourth-order valence-electron chi connectivity index (χ4n) is 2.27. The number of ether oxygens (including phenoxy) is 1. The molecule has 1 aliphatic rings. The molecule has 0 saturated carbocycles. The first-order valence-corrected chi connectivity index (χ1v) is 8.04. The second-order valence-corrected chi connectivity index (χ2v) is 6.34. The van der Waals surface area contributed by atoms with E-state index in [9.17, 15) is 14.4 Å². The Kier molecular flexibility index (Phi) is 5.85. The number of benzene rings is 1. The van der Waals surface area contributed by atoms with Gasteiger partial charge in [-0.05, 0) is 31.5 Å². The molecule has 22 heavy (non-hydrogen) atoms. The molecule has 0 aliphatic carbocycles. The Balaban J connectivity index is 1.86. The lowest BCUT2D eigenvalue weighted by molar-refractivity contribution is -0.163. The lowest BCUT2D eigenvalue weighted by Gasteiger charge is -2.12. The van der Waals surface area contributed by atoms with Crippen LogP contribution in [0.3, 0.4) is 0 Å². The number of carbonyl (C=O) groups excluding carboxylic acids is 3. The predicted molar refractivity (Wildman–Crippen MR) is 84.4 cm³/mol. The maximum atomic E-state index is 12.1. The summed E-state index contributed by atoms with van der Waals surface area (Å²) in [6.07, 6.45) is 1.59. The van der Waals surface area contributed by atoms with Crippen LogP contribution in [0, 0.1) is 5.92 Å². The van der Waals surface area contributed by atoms with E-state index in [0.717, 1.165) is 17.4 Å². The Morgan fingerprint density at radius 1 is 1.32 bits per heavy atom. The topological polar surface area (TPSA) is 72.5 Å². The lowest BCUT2D eigenvalue weighted by Crippen LogP contribution is -2.35. The quantitative estimate of drug-likeness (QED) is 0.491. The molecule has 1 fully saturated rings. The minimum atomic E-state index is -0.651. The summed E-state index contributed by atoms with van der Waals surface area (Å²) in [5, 5.41) is 2.97. The summed E-state index contributed by atoms with van der Waals surface area (Å²) >= 11 is 3.30. The normalized spacial score (nSPS) is 18.7. The lowest BCUT2D eigenvalue weighted by atomic mass is 10.00. The number of rotatable bonds is 5. The van der Waals surface area contributed by atoms with E-state index in [4.69, 9.17) is 4.74 Å². The number of carbonyl (C=O) groups is 3. The molecular weight excluding hydrogens is 350 g/mol. The molecule has 118 valence electrons. The van der Waals surface area contributed by atoms with E-state index in [0.29, 0.717) is 12.0 Å². The fraction of sp³-hybridized carbons (Fsp3) is 0.438. The number of Topliss-reactive ketones (excluding diaryl/α,β-unsaturated/α-hetero) is 1. The van der Waals surface area contributed by atoms with Crippen molar-refractivity contribution >= 4 is 33.7 Å². The summed E-state index contributed by atoms with van der Waals surface area (Å²) < 4.78 is 5.73. The highest BCUT2D eigenvalue weighted by Crippen LogP contribution is 2.16. The van der Waals surface area contributed by atoms with Crippen molar-refractivity contribution in [2.45, 2.75) is 32.2 Å². The summed E-state index contributed by atoms with van der Waals surface area (Å²) in [5.74, 6) is -2.00. The molecule has 1 aromatic rings. The van der Waals surface area contributed by atoms with Crippen molar-refractivity contribution < 1.29 is 19.1 Å². The Morgan fingerprint density at radius 2 is 2.00 bits per heavy atom. The standard InChI is InChI=1S/C16H18BrNO4/c1-10(9-14(19)11-4-6-12(17)7-5-11)15(20)22-16(21)13-3-2-8-18-13/h4-7,10,13,18H,2-3,8-9H2,1H3/t10?,13-/m0/s1. The zero-order valence-corrected chi connectivity index (χ0v) is 13.9. The van der Waals surface area contributed by atoms with E-state index in [2.05, 4.69) is 21.2 Å². The highest BCUT2D eigenvalue weighted by atomic mass is 79.9. The van der Waals surface area contributed by atoms with Crippen LogP contribution in [0.25, 0.3) is 0 Å². The van der Waals surface area contributed by atoms with Crippen molar-refractivity contribution in [1.29, 1.82) is 0 Å². The molecule has 2 rings (SSSR count). The highest BCUT2D eigenvalue weighted by molar-refractivity contribution is 9.10. The van der Waals surface area contributed by atoms with Crippen molar-refractivity contribution in [3.05, 3.63) is 34.3 Å². The SMILES string of the molecule is CC(CC(=O)c1ccc(Br)cc1)C(=O)OC(=O)[C@@H]1CCCN1. The Morgan fingerprint density at radius 3 is 2.59 bits per heavy atom. The van der Waals surface area contributed by atoms with Gasteiger partial charge in [0.1, 0.15) is 6.04 Å². The van der Waals surface area contributed by atoms with Crippen LogP contribution in [0.2, 0.25) is 0 Å². The first kappa shape index (κ1) is 16.8.